The van der Waals surface area contributed by atoms with E-state index in [-0.39, 0.29) is 13.2 Å². The maximum atomic E-state index is 13.1. The molecule has 1 atom stereocenters. The second kappa shape index (κ2) is 7.18. The number of nitrogens with one attached hydrogen (secondary N) is 1. The first-order valence-corrected chi connectivity index (χ1v) is 7.34. The van der Waals surface area contributed by atoms with Crippen LogP contribution < -0.4 is 5.32 Å². The molecule has 0 saturated heterocycles. The van der Waals surface area contributed by atoms with Gasteiger partial charge in [-0.15, -0.1) is 5.10 Å². The summed E-state index contributed by atoms with van der Waals surface area (Å²) >= 11 is 0. The number of aliphatic hydroxyl groups is 1. The molecule has 1 heterocycles. The van der Waals surface area contributed by atoms with Crippen LogP contribution in [0.1, 0.15) is 12.5 Å². The van der Waals surface area contributed by atoms with E-state index in [1.165, 1.54) is 0 Å². The molecule has 9 heteroatoms. The van der Waals surface area contributed by atoms with Gasteiger partial charge in [-0.25, -0.2) is 4.68 Å². The Morgan fingerprint density at radius 3 is 2.79 bits per heavy atom. The Labute approximate surface area is 136 Å². The van der Waals surface area contributed by atoms with Crippen molar-refractivity contribution >= 4 is 11.0 Å². The maximum absolute atomic E-state index is 13.1. The molecule has 6 nitrogen and oxygen atoms in total. The number of fused-ring (bicyclic) bond motifs is 1. The van der Waals surface area contributed by atoms with Crippen LogP contribution >= 0.6 is 0 Å². The minimum Gasteiger partial charge on any atom is -0.502 e. The summed E-state index contributed by atoms with van der Waals surface area (Å²) in [4.78, 5) is 0. The first-order chi connectivity index (χ1) is 11.3. The van der Waals surface area contributed by atoms with Gasteiger partial charge in [-0.1, -0.05) is 11.3 Å². The van der Waals surface area contributed by atoms with Crippen molar-refractivity contribution in [1.82, 2.24) is 20.3 Å². The summed E-state index contributed by atoms with van der Waals surface area (Å²) in [6.45, 7) is 1.31. The van der Waals surface area contributed by atoms with Crippen molar-refractivity contribution in [3.63, 3.8) is 0 Å². The van der Waals surface area contributed by atoms with Gasteiger partial charge in [-0.3, -0.25) is 0 Å². The molecule has 0 bridgehead atoms. The van der Waals surface area contributed by atoms with Crippen molar-refractivity contribution in [2.45, 2.75) is 25.2 Å². The number of hydrogen-bond donors (Lipinski definition) is 2. The molecule has 0 aliphatic heterocycles. The number of alkyl halides is 3. The van der Waals surface area contributed by atoms with E-state index in [9.17, 15) is 18.3 Å². The minimum atomic E-state index is -4.82. The van der Waals surface area contributed by atoms with E-state index in [2.05, 4.69) is 15.6 Å². The molecule has 132 valence electrons. The lowest BCUT2D eigenvalue weighted by molar-refractivity contribution is -0.238. The Morgan fingerprint density at radius 1 is 1.38 bits per heavy atom. The highest BCUT2D eigenvalue weighted by Gasteiger charge is 2.51. The van der Waals surface area contributed by atoms with Gasteiger partial charge < -0.3 is 15.2 Å². The van der Waals surface area contributed by atoms with Crippen molar-refractivity contribution in [2.75, 3.05) is 13.2 Å². The van der Waals surface area contributed by atoms with Gasteiger partial charge >= 0.3 is 6.18 Å². The van der Waals surface area contributed by atoms with E-state index in [0.29, 0.717) is 11.6 Å². The number of halogens is 3. The fourth-order valence-corrected chi connectivity index (χ4v) is 2.10. The summed E-state index contributed by atoms with van der Waals surface area (Å²) in [5.41, 5.74) is -0.788. The third-order valence-electron chi connectivity index (χ3n) is 3.50. The molecule has 1 aromatic heterocycles. The fraction of sp³-hybridized carbons (Fsp3) is 0.467. The highest BCUT2D eigenvalue weighted by molar-refractivity contribution is 5.74. The highest BCUT2D eigenvalue weighted by atomic mass is 19.4. The minimum absolute atomic E-state index is 0.146. The van der Waals surface area contributed by atoms with Crippen LogP contribution in [0.4, 0.5) is 13.2 Å². The Balaban J connectivity index is 2.03. The van der Waals surface area contributed by atoms with Crippen LogP contribution in [0.25, 0.3) is 11.0 Å². The normalized spacial score (nSPS) is 15.1. The van der Waals surface area contributed by atoms with E-state index >= 15 is 0 Å². The van der Waals surface area contributed by atoms with Crippen molar-refractivity contribution in [2.24, 2.45) is 7.05 Å². The van der Waals surface area contributed by atoms with Crippen molar-refractivity contribution < 1.29 is 23.0 Å². The molecule has 1 aromatic carbocycles. The lowest BCUT2D eigenvalue weighted by atomic mass is 10.0. The van der Waals surface area contributed by atoms with E-state index < -0.39 is 18.3 Å². The third-order valence-corrected chi connectivity index (χ3v) is 3.50. The van der Waals surface area contributed by atoms with E-state index in [4.69, 9.17) is 4.74 Å². The third kappa shape index (κ3) is 4.04. The standard InChI is InChI=1S/C15H19F3N4O2/c1-3-24-7-6-14(23,15(16,17)18)10-19-9-11-4-5-13-12(8-11)20-21-22(13)2/h4-8,19,23H,3,9-10H2,1-2H3/b7-6+. The first-order valence-electron chi connectivity index (χ1n) is 7.34. The molecule has 0 spiro atoms. The predicted molar refractivity (Wildman–Crippen MR) is 82.0 cm³/mol. The zero-order chi connectivity index (χ0) is 17.8. The molecule has 0 aliphatic rings. The van der Waals surface area contributed by atoms with Crippen LogP contribution in [0.2, 0.25) is 0 Å². The van der Waals surface area contributed by atoms with E-state index in [0.717, 1.165) is 17.3 Å². The van der Waals surface area contributed by atoms with Crippen LogP contribution in [0.5, 0.6) is 0 Å². The molecule has 0 fully saturated rings. The fourth-order valence-electron chi connectivity index (χ4n) is 2.10. The summed E-state index contributed by atoms with van der Waals surface area (Å²) < 4.78 is 45.5. The van der Waals surface area contributed by atoms with E-state index in [1.807, 2.05) is 0 Å². The lowest BCUT2D eigenvalue weighted by Crippen LogP contribution is -2.51. The molecule has 0 aliphatic carbocycles. The van der Waals surface area contributed by atoms with Crippen molar-refractivity contribution in [1.29, 1.82) is 0 Å². The molecular weight excluding hydrogens is 325 g/mol. The molecule has 0 radical (unpaired) electrons. The Kier molecular flexibility index (Phi) is 5.45. The molecule has 0 saturated carbocycles. The second-order valence-electron chi connectivity index (χ2n) is 5.32. The molecule has 24 heavy (non-hydrogen) atoms. The van der Waals surface area contributed by atoms with Gasteiger partial charge in [0.15, 0.2) is 5.60 Å². The summed E-state index contributed by atoms with van der Waals surface area (Å²) in [5.74, 6) is 0. The lowest BCUT2D eigenvalue weighted by Gasteiger charge is -2.27. The van der Waals surface area contributed by atoms with Gasteiger partial charge in [0.05, 0.1) is 18.4 Å². The molecule has 0 amide bonds. The van der Waals surface area contributed by atoms with Gasteiger partial charge in [0, 0.05) is 20.1 Å². The quantitative estimate of drug-likeness (QED) is 0.751. The van der Waals surface area contributed by atoms with Crippen LogP contribution in [-0.2, 0) is 18.3 Å². The number of benzene rings is 1. The zero-order valence-corrected chi connectivity index (χ0v) is 13.3. The monoisotopic (exact) mass is 344 g/mol. The average molecular weight is 344 g/mol. The molecular formula is C15H19F3N4O2. The predicted octanol–water partition coefficient (Wildman–Crippen LogP) is 1.90. The number of nitrogens with zero attached hydrogens (tertiary/aromatic N) is 3. The van der Waals surface area contributed by atoms with Gasteiger partial charge in [0.2, 0.25) is 0 Å². The number of aromatic nitrogens is 3. The van der Waals surface area contributed by atoms with Gasteiger partial charge in [0.1, 0.15) is 5.52 Å². The largest absolute Gasteiger partial charge is 0.502 e. The molecule has 2 N–H and O–H groups in total. The first kappa shape index (κ1) is 18.2. The Morgan fingerprint density at radius 2 is 2.12 bits per heavy atom. The zero-order valence-electron chi connectivity index (χ0n) is 13.3. The summed E-state index contributed by atoms with van der Waals surface area (Å²) in [6.07, 6.45) is -3.35. The van der Waals surface area contributed by atoms with Gasteiger partial charge in [-0.05, 0) is 30.7 Å². The molecule has 1 unspecified atom stereocenters. The maximum Gasteiger partial charge on any atom is 0.422 e. The topological polar surface area (TPSA) is 72.2 Å². The summed E-state index contributed by atoms with van der Waals surface area (Å²) in [5, 5.41) is 20.3. The van der Waals surface area contributed by atoms with Crippen molar-refractivity contribution in [3.8, 4) is 0 Å². The van der Waals surface area contributed by atoms with E-state index in [1.54, 1.807) is 36.9 Å². The van der Waals surface area contributed by atoms with Crippen LogP contribution in [0.15, 0.2) is 30.5 Å². The average Bonchev–Trinajstić information content (AvgIpc) is 2.87. The number of rotatable bonds is 7. The second-order valence-corrected chi connectivity index (χ2v) is 5.32. The smallest absolute Gasteiger partial charge is 0.422 e. The SMILES string of the molecule is CCO/C=C/C(O)(CNCc1ccc2c(c1)nnn2C)C(F)(F)F. The van der Waals surface area contributed by atoms with Crippen LogP contribution in [0, 0.1) is 0 Å². The number of hydrogen-bond acceptors (Lipinski definition) is 5. The highest BCUT2D eigenvalue weighted by Crippen LogP contribution is 2.31. The Hall–Kier alpha value is -2.13. The summed E-state index contributed by atoms with van der Waals surface area (Å²) in [7, 11) is 1.75. The Bertz CT molecular complexity index is 714. The molecule has 2 rings (SSSR count). The van der Waals surface area contributed by atoms with Crippen molar-refractivity contribution in [3.05, 3.63) is 36.1 Å². The number of aryl methyl sites for hydroxylation is 1. The summed E-state index contributed by atoms with van der Waals surface area (Å²) in [6, 6.07) is 5.29. The number of ether oxygens (including phenoxy) is 1. The van der Waals surface area contributed by atoms with Gasteiger partial charge in [0.25, 0.3) is 0 Å². The molecule has 2 aromatic rings. The van der Waals surface area contributed by atoms with Crippen LogP contribution in [-0.4, -0.2) is 45.0 Å². The van der Waals surface area contributed by atoms with Crippen LogP contribution in [0.3, 0.4) is 0 Å². The van der Waals surface area contributed by atoms with Gasteiger partial charge in [-0.2, -0.15) is 13.2 Å².